The number of nitrogens with one attached hydrogen (secondary N) is 1. The van der Waals surface area contributed by atoms with E-state index in [1.165, 1.54) is 24.8 Å². The molecule has 0 aromatic heterocycles. The number of benzene rings is 2. The first-order chi connectivity index (χ1) is 13.7. The lowest BCUT2D eigenvalue weighted by atomic mass is 9.97. The summed E-state index contributed by atoms with van der Waals surface area (Å²) in [7, 11) is 0. The Morgan fingerprint density at radius 3 is 2.39 bits per heavy atom. The molecular weight excluding hydrogens is 348 g/mol. The third-order valence-corrected chi connectivity index (χ3v) is 5.01. The third kappa shape index (κ3) is 5.47. The lowest BCUT2D eigenvalue weighted by Crippen LogP contribution is -2.36. The van der Waals surface area contributed by atoms with Crippen LogP contribution in [0.3, 0.4) is 0 Å². The molecule has 144 valence electrons. The summed E-state index contributed by atoms with van der Waals surface area (Å²) in [4.78, 5) is 12.3. The minimum atomic E-state index is -0.541. The summed E-state index contributed by atoms with van der Waals surface area (Å²) in [6, 6.07) is 17.2. The second kappa shape index (κ2) is 9.75. The summed E-state index contributed by atoms with van der Waals surface area (Å²) >= 11 is 0. The Balaban J connectivity index is 1.49. The van der Waals surface area contributed by atoms with E-state index in [1.807, 2.05) is 36.4 Å². The lowest BCUT2D eigenvalue weighted by molar-refractivity contribution is -0.127. The van der Waals surface area contributed by atoms with E-state index in [1.54, 1.807) is 19.1 Å². The molecule has 1 atom stereocenters. The van der Waals surface area contributed by atoms with E-state index < -0.39 is 6.10 Å². The molecule has 1 aliphatic carbocycles. The van der Waals surface area contributed by atoms with Gasteiger partial charge in [0.2, 0.25) is 0 Å². The summed E-state index contributed by atoms with van der Waals surface area (Å²) in [5, 5.41) is 11.8. The van der Waals surface area contributed by atoms with Gasteiger partial charge in [0.05, 0.1) is 11.6 Å². The third-order valence-electron chi connectivity index (χ3n) is 5.01. The molecule has 0 radical (unpaired) electrons. The second-order valence-electron chi connectivity index (χ2n) is 7.12. The first-order valence-corrected chi connectivity index (χ1v) is 9.88. The lowest BCUT2D eigenvalue weighted by Gasteiger charge is -2.16. The maximum atomic E-state index is 12.3. The highest BCUT2D eigenvalue weighted by Gasteiger charge is 2.14. The normalized spacial score (nSPS) is 14.5. The fourth-order valence-electron chi connectivity index (χ4n) is 3.34. The molecule has 0 saturated heterocycles. The highest BCUT2D eigenvalue weighted by molar-refractivity contribution is 5.80. The van der Waals surface area contributed by atoms with Crippen LogP contribution in [0.4, 0.5) is 0 Å². The van der Waals surface area contributed by atoms with Crippen molar-refractivity contribution in [2.45, 2.75) is 45.1 Å². The molecule has 3 rings (SSSR count). The van der Waals surface area contributed by atoms with E-state index in [0.717, 1.165) is 24.0 Å². The quantitative estimate of drug-likeness (QED) is 0.694. The molecule has 0 spiro atoms. The number of rotatable bonds is 7. The first-order valence-electron chi connectivity index (χ1n) is 9.88. The predicted molar refractivity (Wildman–Crippen MR) is 111 cm³/mol. The van der Waals surface area contributed by atoms with Crippen molar-refractivity contribution >= 4 is 5.91 Å². The Kier molecular flexibility index (Phi) is 6.86. The van der Waals surface area contributed by atoms with Gasteiger partial charge in [-0.25, -0.2) is 0 Å². The van der Waals surface area contributed by atoms with Crippen molar-refractivity contribution in [3.05, 3.63) is 65.7 Å². The predicted octanol–water partition coefficient (Wildman–Crippen LogP) is 5.00. The van der Waals surface area contributed by atoms with E-state index in [9.17, 15) is 4.79 Å². The Morgan fingerprint density at radius 2 is 1.79 bits per heavy atom. The Hall–Kier alpha value is -3.06. The summed E-state index contributed by atoms with van der Waals surface area (Å²) in [5.41, 5.74) is 4.17. The number of ether oxygens (including phenoxy) is 1. The number of amides is 1. The van der Waals surface area contributed by atoms with Gasteiger partial charge in [-0.3, -0.25) is 4.79 Å². The summed E-state index contributed by atoms with van der Waals surface area (Å²) in [6.45, 7) is 2.43. The zero-order chi connectivity index (χ0) is 19.8. The van der Waals surface area contributed by atoms with Gasteiger partial charge in [0.1, 0.15) is 5.75 Å². The molecule has 0 fully saturated rings. The average Bonchev–Trinajstić information content (AvgIpc) is 2.75. The van der Waals surface area contributed by atoms with Crippen molar-refractivity contribution in [2.75, 3.05) is 6.54 Å². The second-order valence-corrected chi connectivity index (χ2v) is 7.12. The van der Waals surface area contributed by atoms with Crippen LogP contribution in [0.15, 0.2) is 60.2 Å². The van der Waals surface area contributed by atoms with Gasteiger partial charge in [0, 0.05) is 6.54 Å². The molecule has 1 amide bonds. The van der Waals surface area contributed by atoms with E-state index in [-0.39, 0.29) is 5.91 Å². The van der Waals surface area contributed by atoms with Crippen LogP contribution < -0.4 is 10.1 Å². The fraction of sp³-hybridized carbons (Fsp3) is 0.333. The zero-order valence-electron chi connectivity index (χ0n) is 16.3. The molecule has 1 aliphatic rings. The van der Waals surface area contributed by atoms with Crippen LogP contribution in [-0.4, -0.2) is 18.6 Å². The van der Waals surface area contributed by atoms with Gasteiger partial charge in [0.25, 0.3) is 5.91 Å². The van der Waals surface area contributed by atoms with Crippen molar-refractivity contribution in [2.24, 2.45) is 0 Å². The molecule has 4 heteroatoms. The molecule has 1 N–H and O–H groups in total. The minimum Gasteiger partial charge on any atom is -0.481 e. The highest BCUT2D eigenvalue weighted by Crippen LogP contribution is 2.23. The maximum absolute atomic E-state index is 12.3. The van der Waals surface area contributed by atoms with Gasteiger partial charge in [0.15, 0.2) is 6.10 Å². The molecule has 2 aromatic carbocycles. The molecule has 0 bridgehead atoms. The number of hydrogen-bond acceptors (Lipinski definition) is 3. The molecule has 0 unspecified atom stereocenters. The standard InChI is InChI=1S/C24H26N2O2/c1-18(24(27)26-16-15-19-5-3-2-4-6-19)28-23-13-11-22(12-14-23)21-9-7-20(17-25)8-10-21/h5,7-14,18H,2-4,6,15-16H2,1H3,(H,26,27)/t18-/m1/s1. The van der Waals surface area contributed by atoms with Crippen molar-refractivity contribution in [1.29, 1.82) is 5.26 Å². The van der Waals surface area contributed by atoms with Crippen LogP contribution >= 0.6 is 0 Å². The van der Waals surface area contributed by atoms with E-state index in [0.29, 0.717) is 17.9 Å². The molecule has 0 saturated carbocycles. The Bertz CT molecular complexity index is 861. The molecule has 2 aromatic rings. The molecule has 0 aliphatic heterocycles. The molecular formula is C24H26N2O2. The van der Waals surface area contributed by atoms with Crippen LogP contribution in [0.2, 0.25) is 0 Å². The largest absolute Gasteiger partial charge is 0.481 e. The number of carbonyl (C=O) groups is 1. The number of carbonyl (C=O) groups excluding carboxylic acids is 1. The Labute approximate surface area is 166 Å². The van der Waals surface area contributed by atoms with E-state index in [4.69, 9.17) is 10.00 Å². The summed E-state index contributed by atoms with van der Waals surface area (Å²) < 4.78 is 5.78. The van der Waals surface area contributed by atoms with Crippen LogP contribution in [-0.2, 0) is 4.79 Å². The smallest absolute Gasteiger partial charge is 0.260 e. The van der Waals surface area contributed by atoms with Crippen LogP contribution in [0.1, 0.15) is 44.6 Å². The van der Waals surface area contributed by atoms with Crippen LogP contribution in [0.5, 0.6) is 5.75 Å². The van der Waals surface area contributed by atoms with Gasteiger partial charge in [-0.2, -0.15) is 5.26 Å². The van der Waals surface area contributed by atoms with Crippen LogP contribution in [0.25, 0.3) is 11.1 Å². The summed E-state index contributed by atoms with van der Waals surface area (Å²) in [6.07, 6.45) is 7.57. The number of nitrogens with zero attached hydrogens (tertiary/aromatic N) is 1. The minimum absolute atomic E-state index is 0.0902. The van der Waals surface area contributed by atoms with Gasteiger partial charge in [-0.1, -0.05) is 35.9 Å². The molecule has 0 heterocycles. The monoisotopic (exact) mass is 374 g/mol. The van der Waals surface area contributed by atoms with Crippen molar-refractivity contribution in [3.63, 3.8) is 0 Å². The van der Waals surface area contributed by atoms with Gasteiger partial charge >= 0.3 is 0 Å². The number of allylic oxidation sites excluding steroid dienone is 1. The zero-order valence-corrected chi connectivity index (χ0v) is 16.3. The van der Waals surface area contributed by atoms with Crippen molar-refractivity contribution < 1.29 is 9.53 Å². The molecule has 28 heavy (non-hydrogen) atoms. The van der Waals surface area contributed by atoms with Gasteiger partial charge < -0.3 is 10.1 Å². The van der Waals surface area contributed by atoms with Gasteiger partial charge in [-0.15, -0.1) is 0 Å². The topological polar surface area (TPSA) is 62.1 Å². The van der Waals surface area contributed by atoms with E-state index >= 15 is 0 Å². The Morgan fingerprint density at radius 1 is 1.11 bits per heavy atom. The SMILES string of the molecule is C[C@@H](Oc1ccc(-c2ccc(C#N)cc2)cc1)C(=O)NCCC1=CCCCC1. The van der Waals surface area contributed by atoms with E-state index in [2.05, 4.69) is 17.5 Å². The first kappa shape index (κ1) is 19.7. The summed E-state index contributed by atoms with van der Waals surface area (Å²) in [5.74, 6) is 0.572. The maximum Gasteiger partial charge on any atom is 0.260 e. The van der Waals surface area contributed by atoms with Gasteiger partial charge in [-0.05, 0) is 74.4 Å². The number of hydrogen-bond donors (Lipinski definition) is 1. The number of nitriles is 1. The average molecular weight is 374 g/mol. The van der Waals surface area contributed by atoms with Crippen LogP contribution in [0, 0.1) is 11.3 Å². The fourth-order valence-corrected chi connectivity index (χ4v) is 3.34. The van der Waals surface area contributed by atoms with Crippen molar-refractivity contribution in [3.8, 4) is 22.9 Å². The molecule has 4 nitrogen and oxygen atoms in total. The highest BCUT2D eigenvalue weighted by atomic mass is 16.5. The van der Waals surface area contributed by atoms with Crippen molar-refractivity contribution in [1.82, 2.24) is 5.32 Å².